The number of hydrogen-bond acceptors (Lipinski definition) is 31. The van der Waals surface area contributed by atoms with E-state index in [9.17, 15) is 99.5 Å². The van der Waals surface area contributed by atoms with Crippen molar-refractivity contribution in [1.82, 2.24) is 10.6 Å². The highest BCUT2D eigenvalue weighted by Crippen LogP contribution is 2.49. The molecule has 0 aromatic rings. The first-order chi connectivity index (χ1) is 47.9. The van der Waals surface area contributed by atoms with Gasteiger partial charge in [-0.15, -0.1) is 0 Å². The van der Waals surface area contributed by atoms with Crippen molar-refractivity contribution in [3.63, 3.8) is 0 Å². The number of phosphoric acid groups is 1. The second-order valence-electron chi connectivity index (χ2n) is 27.1. The van der Waals surface area contributed by atoms with Crippen molar-refractivity contribution >= 4 is 43.5 Å². The molecular formula is C64H104N5O33P. The van der Waals surface area contributed by atoms with Gasteiger partial charge in [-0.2, -0.15) is 0 Å². The number of aliphatic hydroxyl groups is 11. The first kappa shape index (κ1) is 88.2. The summed E-state index contributed by atoms with van der Waals surface area (Å²) in [6.07, 6.45) is -37.6. The molecule has 38 nitrogen and oxygen atoms in total. The minimum atomic E-state index is -5.83. The summed E-state index contributed by atoms with van der Waals surface area (Å²) >= 11 is 0. The predicted octanol–water partition coefficient (Wildman–Crippen LogP) is -3.82. The number of amides is 5. The third-order valence-electron chi connectivity index (χ3n) is 17.8. The minimum absolute atomic E-state index is 0.177. The molecule has 5 aliphatic rings. The highest BCUT2D eigenvalue weighted by molar-refractivity contribution is 7.47. The molecule has 588 valence electrons. The van der Waals surface area contributed by atoms with Crippen LogP contribution in [0.25, 0.3) is 0 Å². The number of carbonyl (C=O) groups excluding carboxylic acids is 5. The summed E-state index contributed by atoms with van der Waals surface area (Å²) in [5, 5.41) is 135. The average molecular weight is 1500 g/mol. The Morgan fingerprint density at radius 2 is 1.25 bits per heavy atom. The number of aliphatic hydroxyl groups excluding tert-OH is 10. The van der Waals surface area contributed by atoms with Crippen LogP contribution in [0.2, 0.25) is 0 Å². The standard InChI is InChI=1S/C64H104N5O33P/c1-27(2)34(73)18-17-29(4)15-16-30(5)19-22-63(9,10)21-13-12-14-28(3)20-23-90-37(56(84)85)26-92-103(88,89)102-61-51(52(101-62(67)86)64(11,87)53(100-61)55(66)83)99-58-39(69-33(8)72)42(76)49(36(95-58)25-91-59-46(80)43(77)40(74)35(24-70)94-59)97-57-38(68-32(7)71)41(75)48(31(6)93-57)96-60-47(81)44(78)45(79)50(98-60)54(65)82/h13,15,20-21,31,34-53,57-61,70,73-81,87H,1,5,12,14,16-19,22-26H2,2-4,6-11H3,(H2,65,82)(H2,66,83)(H2,67,86)(H,68,71)(H,69,72)(H,84,85)(H,88,89)/b21-13+,28-20-,29-15-/t31-,34?,35+,36+,37+,38+,39+,40+,41+,42+,43-,44+,45+,46+,47-,48?,49+,50+,51+,52+,53+,57-,58-,59+,60-,61-,64-/m0/s1. The number of nitrogens with two attached hydrogens (primary N) is 3. The van der Waals surface area contributed by atoms with Crippen molar-refractivity contribution in [3.05, 3.63) is 59.8 Å². The lowest BCUT2D eigenvalue weighted by atomic mass is 9.85. The highest BCUT2D eigenvalue weighted by atomic mass is 31.2. The quantitative estimate of drug-likeness (QED) is 0.0209. The van der Waals surface area contributed by atoms with Crippen molar-refractivity contribution in [2.45, 2.75) is 272 Å². The summed E-state index contributed by atoms with van der Waals surface area (Å²) in [7, 11) is -5.83. The maximum absolute atomic E-state index is 14.1. The summed E-state index contributed by atoms with van der Waals surface area (Å²) in [4.78, 5) is 87.8. The SMILES string of the molecule is C=C(C/C=C(/C)CCC(O)C(=C)C)CCC(C)(C)/C=C/CC/C(C)=C\CO[C@H](COP(=O)(O)O[C@@H]1O[C@H](C(N)=O)[C@@](C)(O)[C@H](OC(N)=O)[C@H]1O[C@@H]1O[C@H](CO[C@@H]2O[C@H](CO)[C@@H](O)[C@H](O)[C@H]2O)[C@@H](O[C@@H]2O[C@@H](C)C(O[C@H]3O[C@@H](C(N)=O)[C@H](O)[C@@H](O)[C@@H]3O)[C@H](O)[C@H]2NC(C)=O)[C@H](O)[C@H]1NC(C)=O)C(=O)O. The Morgan fingerprint density at radius 3 is 1.83 bits per heavy atom. The van der Waals surface area contributed by atoms with Crippen molar-refractivity contribution in [2.24, 2.45) is 22.6 Å². The number of carboxylic acid groups (broad SMARTS) is 1. The number of rotatable bonds is 37. The third kappa shape index (κ3) is 24.8. The van der Waals surface area contributed by atoms with E-state index in [0.717, 1.165) is 62.3 Å². The van der Waals surface area contributed by atoms with Crippen molar-refractivity contribution in [2.75, 3.05) is 26.4 Å². The molecule has 0 saturated carbocycles. The van der Waals surface area contributed by atoms with Gasteiger partial charge in [0.15, 0.2) is 62.0 Å². The molecule has 5 rings (SSSR count). The Morgan fingerprint density at radius 1 is 0.689 bits per heavy atom. The molecule has 103 heavy (non-hydrogen) atoms. The fraction of sp³-hybridized carbons (Fsp3) is 0.750. The van der Waals surface area contributed by atoms with Gasteiger partial charge in [0.2, 0.25) is 23.6 Å². The monoisotopic (exact) mass is 1500 g/mol. The van der Waals surface area contributed by atoms with Crippen LogP contribution in [0.4, 0.5) is 4.79 Å². The first-order valence-electron chi connectivity index (χ1n) is 33.1. The highest BCUT2D eigenvalue weighted by Gasteiger charge is 2.62. The third-order valence-corrected chi connectivity index (χ3v) is 18.8. The molecule has 0 spiro atoms. The average Bonchev–Trinajstić information content (AvgIpc) is 0.755. The van der Waals surface area contributed by atoms with Gasteiger partial charge in [0, 0.05) is 13.8 Å². The number of phosphoric ester groups is 1. The van der Waals surface area contributed by atoms with Crippen LogP contribution < -0.4 is 27.8 Å². The summed E-state index contributed by atoms with van der Waals surface area (Å²) in [6, 6.07) is -3.91. The van der Waals surface area contributed by atoms with Gasteiger partial charge in [-0.25, -0.2) is 14.2 Å². The fourth-order valence-electron chi connectivity index (χ4n) is 11.7. The molecule has 0 radical (unpaired) electrons. The molecule has 21 N–H and O–H groups in total. The molecule has 5 amide bonds. The molecule has 0 aromatic heterocycles. The van der Waals surface area contributed by atoms with Crippen LogP contribution in [0.3, 0.4) is 0 Å². The number of carbonyl (C=O) groups is 6. The normalized spacial score (nSPS) is 36.6. The van der Waals surface area contributed by atoms with Crippen molar-refractivity contribution in [1.29, 1.82) is 0 Å². The number of ether oxygens (including phenoxy) is 11. The molecule has 5 saturated heterocycles. The summed E-state index contributed by atoms with van der Waals surface area (Å²) in [5.74, 6) is -6.43. The number of aliphatic carboxylic acids is 1. The molecule has 39 heteroatoms. The number of hydrogen-bond donors (Lipinski definition) is 18. The molecule has 5 heterocycles. The van der Waals surface area contributed by atoms with E-state index in [1.807, 2.05) is 13.0 Å². The van der Waals surface area contributed by atoms with E-state index in [0.29, 0.717) is 25.7 Å². The number of allylic oxidation sites excluding steroid dienone is 6. The van der Waals surface area contributed by atoms with Gasteiger partial charge in [0.1, 0.15) is 90.9 Å². The second kappa shape index (κ2) is 38.9. The zero-order valence-electron chi connectivity index (χ0n) is 58.7. The Hall–Kier alpha value is -5.41. The molecule has 0 aromatic carbocycles. The first-order valence-corrected chi connectivity index (χ1v) is 34.6. The molecule has 0 aliphatic carbocycles. The number of carboxylic acids is 1. The Balaban J connectivity index is 1.40. The van der Waals surface area contributed by atoms with Crippen LogP contribution in [-0.2, 0) is 89.7 Å². The van der Waals surface area contributed by atoms with Crippen LogP contribution in [0.15, 0.2) is 59.8 Å². The van der Waals surface area contributed by atoms with Gasteiger partial charge in [0.05, 0.1) is 38.6 Å². The van der Waals surface area contributed by atoms with Gasteiger partial charge in [-0.05, 0) is 85.0 Å². The zero-order chi connectivity index (χ0) is 77.5. The number of primary amides is 3. The van der Waals surface area contributed by atoms with Crippen LogP contribution in [0.5, 0.6) is 0 Å². The summed E-state index contributed by atoms with van der Waals surface area (Å²) in [6.45, 7) is 18.1. The molecular weight excluding hydrogens is 1400 g/mol. The van der Waals surface area contributed by atoms with E-state index in [-0.39, 0.29) is 12.0 Å². The minimum Gasteiger partial charge on any atom is -0.479 e. The van der Waals surface area contributed by atoms with Crippen LogP contribution in [0, 0.1) is 5.41 Å². The van der Waals surface area contributed by atoms with Gasteiger partial charge < -0.3 is 146 Å². The van der Waals surface area contributed by atoms with E-state index < -0.39 is 228 Å². The Kier molecular flexibility index (Phi) is 33.3. The van der Waals surface area contributed by atoms with Gasteiger partial charge >= 0.3 is 19.9 Å². The van der Waals surface area contributed by atoms with E-state index in [1.54, 1.807) is 19.9 Å². The molecule has 3 unspecified atom stereocenters. The summed E-state index contributed by atoms with van der Waals surface area (Å²) in [5.41, 5.74) is 17.0. The Labute approximate surface area is 594 Å². The van der Waals surface area contributed by atoms with Crippen molar-refractivity contribution < 1.29 is 161 Å². The van der Waals surface area contributed by atoms with Crippen LogP contribution in [0.1, 0.15) is 107 Å². The Bertz CT molecular complexity index is 3030. The number of nitrogens with one attached hydrogen (secondary N) is 2. The van der Waals surface area contributed by atoms with Gasteiger partial charge in [0.25, 0.3) is 0 Å². The van der Waals surface area contributed by atoms with E-state index >= 15 is 0 Å². The molecule has 28 atom stereocenters. The van der Waals surface area contributed by atoms with Crippen LogP contribution >= 0.6 is 7.82 Å². The molecule has 0 bridgehead atoms. The van der Waals surface area contributed by atoms with E-state index in [2.05, 4.69) is 49.8 Å². The zero-order valence-corrected chi connectivity index (χ0v) is 59.6. The lowest BCUT2D eigenvalue weighted by molar-refractivity contribution is -0.375. The van der Waals surface area contributed by atoms with E-state index in [1.165, 1.54) is 6.92 Å². The summed E-state index contributed by atoms with van der Waals surface area (Å²) < 4.78 is 88.2. The molecule has 5 fully saturated rings. The maximum atomic E-state index is 14.1. The maximum Gasteiger partial charge on any atom is 0.474 e. The second-order valence-corrected chi connectivity index (χ2v) is 28.5. The van der Waals surface area contributed by atoms with Gasteiger partial charge in [-0.3, -0.25) is 28.2 Å². The van der Waals surface area contributed by atoms with E-state index in [4.69, 9.17) is 78.4 Å². The largest absolute Gasteiger partial charge is 0.479 e. The van der Waals surface area contributed by atoms with Crippen LogP contribution in [-0.4, -0.2) is 293 Å². The van der Waals surface area contributed by atoms with Crippen molar-refractivity contribution in [3.8, 4) is 0 Å². The fourth-order valence-corrected chi connectivity index (χ4v) is 12.5. The van der Waals surface area contributed by atoms with Gasteiger partial charge in [-0.1, -0.05) is 73.6 Å². The topological polar surface area (TPSA) is 605 Å². The lowest BCUT2D eigenvalue weighted by Crippen LogP contribution is -2.72. The lowest BCUT2D eigenvalue weighted by Gasteiger charge is -2.52. The molecule has 5 aliphatic heterocycles. The predicted molar refractivity (Wildman–Crippen MR) is 350 cm³/mol. The smallest absolute Gasteiger partial charge is 0.474 e.